The Hall–Kier alpha value is -2.32. The normalized spacial score (nSPS) is 15.1. The number of thiazole rings is 1. The lowest BCUT2D eigenvalue weighted by atomic mass is 10.0. The van der Waals surface area contributed by atoms with Crippen molar-refractivity contribution >= 4 is 52.3 Å². The maximum Gasteiger partial charge on any atom is 0.271 e. The summed E-state index contributed by atoms with van der Waals surface area (Å²) in [5.74, 6) is 0.0145. The van der Waals surface area contributed by atoms with Crippen LogP contribution in [0.5, 0.6) is 5.88 Å². The van der Waals surface area contributed by atoms with Crippen LogP contribution in [0.2, 0.25) is 0 Å². The highest BCUT2D eigenvalue weighted by molar-refractivity contribution is 7.73. The zero-order valence-electron chi connectivity index (χ0n) is 10.8. The molecule has 0 fully saturated rings. The maximum absolute atomic E-state index is 10.8. The molecular formula is C13H9N3O3S2. The summed E-state index contributed by atoms with van der Waals surface area (Å²) in [6, 6.07) is 4.56. The number of aromatic amines is 1. The first kappa shape index (κ1) is 13.7. The van der Waals surface area contributed by atoms with Crippen molar-refractivity contribution in [1.29, 1.82) is 0 Å². The van der Waals surface area contributed by atoms with Gasteiger partial charge in [0.1, 0.15) is 0 Å². The largest absolute Gasteiger partial charge is 0.494 e. The Morgan fingerprint density at radius 3 is 2.90 bits per heavy atom. The van der Waals surface area contributed by atoms with Crippen molar-refractivity contribution in [2.45, 2.75) is 6.92 Å². The number of allylic oxidation sites excluding steroid dienone is 1. The van der Waals surface area contributed by atoms with Gasteiger partial charge in [-0.2, -0.15) is 0 Å². The second kappa shape index (κ2) is 4.90. The van der Waals surface area contributed by atoms with Gasteiger partial charge in [-0.25, -0.2) is 0 Å². The Bertz CT molecular complexity index is 877. The van der Waals surface area contributed by atoms with Gasteiger partial charge in [0.2, 0.25) is 5.88 Å². The van der Waals surface area contributed by atoms with Crippen LogP contribution in [0.4, 0.5) is 11.4 Å². The maximum atomic E-state index is 10.8. The van der Waals surface area contributed by atoms with E-state index in [1.807, 2.05) is 6.92 Å². The molecule has 2 heterocycles. The SMILES string of the molecule is CC1=Nc2cc([N+](=O)[O-])ccc2/C1=C/c1sc(=S)[nH]c1O. The molecule has 0 amide bonds. The van der Waals surface area contributed by atoms with Gasteiger partial charge in [-0.3, -0.25) is 15.1 Å². The number of aliphatic imine (C=N–C) groups is 1. The van der Waals surface area contributed by atoms with Crippen LogP contribution >= 0.6 is 23.6 Å². The number of benzene rings is 1. The lowest BCUT2D eigenvalue weighted by Gasteiger charge is -2.01. The number of aromatic hydroxyl groups is 1. The molecule has 1 aromatic carbocycles. The molecule has 1 aromatic heterocycles. The molecule has 1 aliphatic rings. The molecule has 21 heavy (non-hydrogen) atoms. The summed E-state index contributed by atoms with van der Waals surface area (Å²) in [7, 11) is 0. The number of hydrogen-bond donors (Lipinski definition) is 2. The third-order valence-electron chi connectivity index (χ3n) is 3.09. The van der Waals surface area contributed by atoms with Crippen LogP contribution in [0.3, 0.4) is 0 Å². The van der Waals surface area contributed by atoms with Crippen LogP contribution in [0.25, 0.3) is 11.6 Å². The first-order valence-electron chi connectivity index (χ1n) is 5.94. The predicted molar refractivity (Wildman–Crippen MR) is 84.9 cm³/mol. The number of non-ortho nitro benzene ring substituents is 1. The third-order valence-corrected chi connectivity index (χ3v) is 4.26. The molecule has 0 aliphatic carbocycles. The summed E-state index contributed by atoms with van der Waals surface area (Å²) in [5.41, 5.74) is 2.93. The van der Waals surface area contributed by atoms with E-state index in [9.17, 15) is 15.2 Å². The Labute approximate surface area is 128 Å². The summed E-state index contributed by atoms with van der Waals surface area (Å²) < 4.78 is 0.482. The molecule has 0 saturated carbocycles. The zero-order chi connectivity index (χ0) is 15.1. The van der Waals surface area contributed by atoms with Crippen LogP contribution in [0.1, 0.15) is 17.4 Å². The summed E-state index contributed by atoms with van der Waals surface area (Å²) in [6.07, 6.45) is 1.78. The van der Waals surface area contributed by atoms with Gasteiger partial charge in [0, 0.05) is 29.0 Å². The van der Waals surface area contributed by atoms with Crippen molar-refractivity contribution in [3.05, 3.63) is 42.7 Å². The summed E-state index contributed by atoms with van der Waals surface area (Å²) in [4.78, 5) is 18.0. The lowest BCUT2D eigenvalue weighted by Crippen LogP contribution is -1.90. The molecule has 6 nitrogen and oxygen atoms in total. The molecule has 0 radical (unpaired) electrons. The summed E-state index contributed by atoms with van der Waals surface area (Å²) >= 11 is 6.24. The Morgan fingerprint density at radius 1 is 1.52 bits per heavy atom. The van der Waals surface area contributed by atoms with Crippen LogP contribution in [0, 0.1) is 14.1 Å². The average molecular weight is 319 g/mol. The van der Waals surface area contributed by atoms with E-state index in [-0.39, 0.29) is 11.6 Å². The first-order chi connectivity index (χ1) is 9.95. The molecule has 0 unspecified atom stereocenters. The van der Waals surface area contributed by atoms with Crippen molar-refractivity contribution in [3.8, 4) is 5.88 Å². The van der Waals surface area contributed by atoms with E-state index in [2.05, 4.69) is 9.98 Å². The number of nitrogens with one attached hydrogen (secondary N) is 1. The van der Waals surface area contributed by atoms with Crippen molar-refractivity contribution in [1.82, 2.24) is 4.98 Å². The molecular weight excluding hydrogens is 310 g/mol. The fourth-order valence-electron chi connectivity index (χ4n) is 2.13. The monoisotopic (exact) mass is 319 g/mol. The van der Waals surface area contributed by atoms with Gasteiger partial charge >= 0.3 is 0 Å². The number of nitro benzene ring substituents is 1. The number of H-pyrrole nitrogens is 1. The van der Waals surface area contributed by atoms with Gasteiger partial charge in [-0.15, -0.1) is 11.3 Å². The third kappa shape index (κ3) is 2.39. The fourth-order valence-corrected chi connectivity index (χ4v) is 3.17. The van der Waals surface area contributed by atoms with E-state index in [1.54, 1.807) is 12.1 Å². The molecule has 0 atom stereocenters. The van der Waals surface area contributed by atoms with Crippen molar-refractivity contribution in [2.24, 2.45) is 4.99 Å². The quantitative estimate of drug-likeness (QED) is 0.496. The smallest absolute Gasteiger partial charge is 0.271 e. The van der Waals surface area contributed by atoms with Gasteiger partial charge in [0.05, 0.1) is 15.5 Å². The van der Waals surface area contributed by atoms with E-state index in [0.29, 0.717) is 14.5 Å². The van der Waals surface area contributed by atoms with Gasteiger partial charge in [0.25, 0.3) is 5.69 Å². The average Bonchev–Trinajstić information content (AvgIpc) is 2.89. The van der Waals surface area contributed by atoms with Crippen molar-refractivity contribution in [2.75, 3.05) is 0 Å². The second-order valence-corrected chi connectivity index (χ2v) is 6.16. The standard InChI is InChI=1S/C13H9N3O3S2/c1-6-9(5-11-12(17)15-13(20)21-11)8-3-2-7(16(18)19)4-10(8)14-6/h2-5,17H,1H3,(H,15,20)/b9-5+. The minimum Gasteiger partial charge on any atom is -0.494 e. The van der Waals surface area contributed by atoms with E-state index in [4.69, 9.17) is 12.2 Å². The van der Waals surface area contributed by atoms with Crippen LogP contribution < -0.4 is 0 Å². The number of hydrogen-bond acceptors (Lipinski definition) is 6. The molecule has 8 heteroatoms. The highest BCUT2D eigenvalue weighted by Gasteiger charge is 2.21. The van der Waals surface area contributed by atoms with E-state index < -0.39 is 4.92 Å². The van der Waals surface area contributed by atoms with Gasteiger partial charge < -0.3 is 10.1 Å². The van der Waals surface area contributed by atoms with Crippen LogP contribution in [0.15, 0.2) is 23.2 Å². The fraction of sp³-hybridized carbons (Fsp3) is 0.0769. The van der Waals surface area contributed by atoms with E-state index in [0.717, 1.165) is 16.8 Å². The second-order valence-electron chi connectivity index (χ2n) is 4.44. The molecule has 1 aliphatic heterocycles. The molecule has 0 saturated heterocycles. The molecule has 0 spiro atoms. The number of rotatable bonds is 2. The number of nitrogens with zero attached hydrogens (tertiary/aromatic N) is 2. The summed E-state index contributed by atoms with van der Waals surface area (Å²) in [5, 5.41) is 20.6. The summed E-state index contributed by atoms with van der Waals surface area (Å²) in [6.45, 7) is 1.82. The van der Waals surface area contributed by atoms with Crippen molar-refractivity contribution in [3.63, 3.8) is 0 Å². The minimum atomic E-state index is -0.448. The molecule has 2 N–H and O–H groups in total. The number of nitro groups is 1. The Kier molecular flexibility index (Phi) is 3.19. The van der Waals surface area contributed by atoms with Crippen molar-refractivity contribution < 1.29 is 10.0 Å². The van der Waals surface area contributed by atoms with Gasteiger partial charge in [0.15, 0.2) is 3.95 Å². The minimum absolute atomic E-state index is 0.00620. The van der Waals surface area contributed by atoms with Gasteiger partial charge in [-0.05, 0) is 31.3 Å². The first-order valence-corrected chi connectivity index (χ1v) is 7.16. The lowest BCUT2D eigenvalue weighted by molar-refractivity contribution is -0.384. The highest BCUT2D eigenvalue weighted by atomic mass is 32.1. The van der Waals surface area contributed by atoms with Crippen LogP contribution in [-0.2, 0) is 0 Å². The van der Waals surface area contributed by atoms with E-state index in [1.165, 1.54) is 23.5 Å². The number of fused-ring (bicyclic) bond motifs is 1. The Balaban J connectivity index is 2.12. The Morgan fingerprint density at radius 2 is 2.29 bits per heavy atom. The molecule has 106 valence electrons. The topological polar surface area (TPSA) is 91.5 Å². The molecule has 3 rings (SSSR count). The number of aromatic nitrogens is 1. The molecule has 2 aromatic rings. The highest BCUT2D eigenvalue weighted by Crippen LogP contribution is 2.39. The predicted octanol–water partition coefficient (Wildman–Crippen LogP) is 4.07. The van der Waals surface area contributed by atoms with Gasteiger partial charge in [-0.1, -0.05) is 0 Å². The van der Waals surface area contributed by atoms with Crippen LogP contribution in [-0.4, -0.2) is 20.7 Å². The molecule has 0 bridgehead atoms. The van der Waals surface area contributed by atoms with E-state index >= 15 is 0 Å². The zero-order valence-corrected chi connectivity index (χ0v) is 12.4.